The average molecular weight is 843 g/mol. The van der Waals surface area contributed by atoms with E-state index in [1.807, 2.05) is 48.5 Å². The molecule has 0 aliphatic heterocycles. The summed E-state index contributed by atoms with van der Waals surface area (Å²) in [4.78, 5) is 8.35. The van der Waals surface area contributed by atoms with Gasteiger partial charge in [-0.1, -0.05) is 109 Å². The quantitative estimate of drug-likeness (QED) is 0.143. The summed E-state index contributed by atoms with van der Waals surface area (Å²) in [6.07, 6.45) is 0. The Morgan fingerprint density at radius 1 is 0.364 bits per heavy atom. The Labute approximate surface area is 381 Å². The number of aromatic nitrogens is 2. The van der Waals surface area contributed by atoms with Crippen LogP contribution in [0, 0.1) is 17.9 Å². The van der Waals surface area contributed by atoms with Crippen molar-refractivity contribution in [1.82, 2.24) is 9.13 Å². The summed E-state index contributed by atoms with van der Waals surface area (Å²) in [6.45, 7) is 7.74. The Bertz CT molecular complexity index is 3630. The second-order valence-electron chi connectivity index (χ2n) is 16.4. The Morgan fingerprint density at radius 2 is 0.758 bits per heavy atom. The van der Waals surface area contributed by atoms with E-state index in [-0.39, 0.29) is 0 Å². The third-order valence-electron chi connectivity index (χ3n) is 12.7. The molecule has 0 unspecified atom stereocenters. The highest BCUT2D eigenvalue weighted by Gasteiger charge is 2.23. The molecule has 0 amide bonds. The molecule has 0 atom stereocenters. The van der Waals surface area contributed by atoms with Crippen LogP contribution in [0.15, 0.2) is 231 Å². The van der Waals surface area contributed by atoms with Gasteiger partial charge in [0.25, 0.3) is 0 Å². The minimum Gasteiger partial charge on any atom is -0.310 e. The van der Waals surface area contributed by atoms with E-state index in [1.165, 1.54) is 10.8 Å². The Morgan fingerprint density at radius 3 is 1.21 bits per heavy atom. The van der Waals surface area contributed by atoms with Gasteiger partial charge in [-0.25, -0.2) is 4.85 Å². The number of rotatable bonds is 8. The molecule has 2 aromatic heterocycles. The van der Waals surface area contributed by atoms with Gasteiger partial charge >= 0.3 is 0 Å². The molecular weight excluding hydrogens is 805 g/mol. The number of nitriles is 1. The van der Waals surface area contributed by atoms with E-state index >= 15 is 0 Å². The van der Waals surface area contributed by atoms with Gasteiger partial charge in [0.1, 0.15) is 0 Å². The van der Waals surface area contributed by atoms with Gasteiger partial charge in [0.15, 0.2) is 5.69 Å². The number of fused-ring (bicyclic) bond motifs is 7. The van der Waals surface area contributed by atoms with E-state index in [9.17, 15) is 5.26 Å². The highest BCUT2D eigenvalue weighted by atomic mass is 15.2. The second-order valence-corrected chi connectivity index (χ2v) is 16.4. The molecule has 6 heteroatoms. The van der Waals surface area contributed by atoms with Crippen LogP contribution in [0.1, 0.15) is 5.56 Å². The van der Waals surface area contributed by atoms with Crippen LogP contribution >= 0.6 is 0 Å². The molecule has 0 saturated carbocycles. The summed E-state index contributed by atoms with van der Waals surface area (Å²) in [5.41, 5.74) is 13.8. The number of anilines is 6. The maximum atomic E-state index is 9.84. The number of benzene rings is 10. The van der Waals surface area contributed by atoms with Crippen molar-refractivity contribution in [2.75, 3.05) is 9.80 Å². The van der Waals surface area contributed by atoms with Crippen molar-refractivity contribution in [2.45, 2.75) is 0 Å². The lowest BCUT2D eigenvalue weighted by Gasteiger charge is -2.30. The van der Waals surface area contributed by atoms with Gasteiger partial charge in [-0.05, 0) is 121 Å². The molecule has 308 valence electrons. The van der Waals surface area contributed by atoms with Crippen LogP contribution < -0.4 is 9.80 Å². The van der Waals surface area contributed by atoms with Crippen molar-refractivity contribution >= 4 is 94.2 Å². The van der Waals surface area contributed by atoms with Crippen molar-refractivity contribution in [3.05, 3.63) is 248 Å². The van der Waals surface area contributed by atoms with Gasteiger partial charge in [0, 0.05) is 66.4 Å². The molecule has 2 heterocycles. The van der Waals surface area contributed by atoms with Crippen molar-refractivity contribution in [2.24, 2.45) is 0 Å². The summed E-state index contributed by atoms with van der Waals surface area (Å²) in [6, 6.07) is 82.7. The van der Waals surface area contributed by atoms with Crippen LogP contribution in [0.5, 0.6) is 0 Å². The minimum absolute atomic E-state index is 0.585. The van der Waals surface area contributed by atoms with Gasteiger partial charge in [-0.15, -0.1) is 0 Å². The first-order chi connectivity index (χ1) is 32.7. The molecule has 0 aliphatic rings. The normalized spacial score (nSPS) is 11.3. The summed E-state index contributed by atoms with van der Waals surface area (Å²) >= 11 is 0. The first kappa shape index (κ1) is 38.3. The Balaban J connectivity index is 1.07. The first-order valence-corrected chi connectivity index (χ1v) is 21.9. The maximum Gasteiger partial charge on any atom is 0.187 e. The van der Waals surface area contributed by atoms with Crippen LogP contribution in [0.25, 0.3) is 70.6 Å². The van der Waals surface area contributed by atoms with Crippen molar-refractivity contribution < 1.29 is 0 Å². The average Bonchev–Trinajstić information content (AvgIpc) is 3.90. The van der Waals surface area contributed by atoms with E-state index in [4.69, 9.17) is 6.57 Å². The highest BCUT2D eigenvalue weighted by Crippen LogP contribution is 2.47. The zero-order valence-electron chi connectivity index (χ0n) is 35.6. The fourth-order valence-corrected chi connectivity index (χ4v) is 9.79. The zero-order valence-corrected chi connectivity index (χ0v) is 35.6. The van der Waals surface area contributed by atoms with Gasteiger partial charge in [-0.2, -0.15) is 5.26 Å². The largest absolute Gasteiger partial charge is 0.310 e. The first-order valence-electron chi connectivity index (χ1n) is 21.9. The van der Waals surface area contributed by atoms with E-state index in [1.54, 1.807) is 0 Å². The Hall–Kier alpha value is -9.36. The topological polar surface area (TPSA) is 44.5 Å². The van der Waals surface area contributed by atoms with E-state index in [0.717, 1.165) is 89.1 Å². The van der Waals surface area contributed by atoms with Crippen LogP contribution in [0.4, 0.5) is 39.8 Å². The smallest absolute Gasteiger partial charge is 0.187 e. The fourth-order valence-electron chi connectivity index (χ4n) is 9.79. The third-order valence-corrected chi connectivity index (χ3v) is 12.7. The van der Waals surface area contributed by atoms with Gasteiger partial charge in [0.05, 0.1) is 51.6 Å². The van der Waals surface area contributed by atoms with E-state index in [2.05, 4.69) is 212 Å². The Kier molecular flexibility index (Phi) is 9.16. The van der Waals surface area contributed by atoms with Gasteiger partial charge in [-0.3, -0.25) is 0 Å². The summed E-state index contributed by atoms with van der Waals surface area (Å²) in [5, 5.41) is 16.6. The summed E-state index contributed by atoms with van der Waals surface area (Å²) in [5.74, 6) is 0. The predicted octanol–water partition coefficient (Wildman–Crippen LogP) is 16.4. The zero-order chi connectivity index (χ0) is 44.1. The predicted molar refractivity (Wildman–Crippen MR) is 273 cm³/mol. The summed E-state index contributed by atoms with van der Waals surface area (Å²) in [7, 11) is 0. The molecule has 0 N–H and O–H groups in total. The third kappa shape index (κ3) is 6.25. The minimum atomic E-state index is 0.585. The van der Waals surface area contributed by atoms with Gasteiger partial charge < -0.3 is 18.9 Å². The number of hydrogen-bond donors (Lipinski definition) is 0. The van der Waals surface area contributed by atoms with E-state index < -0.39 is 0 Å². The second kappa shape index (κ2) is 15.8. The summed E-state index contributed by atoms with van der Waals surface area (Å²) < 4.78 is 4.67. The van der Waals surface area contributed by atoms with Gasteiger partial charge in [0.2, 0.25) is 0 Å². The van der Waals surface area contributed by atoms with Crippen molar-refractivity contribution in [3.8, 4) is 17.4 Å². The molecule has 6 nitrogen and oxygen atoms in total. The van der Waals surface area contributed by atoms with Crippen molar-refractivity contribution in [3.63, 3.8) is 0 Å². The number of para-hydroxylation sites is 4. The van der Waals surface area contributed by atoms with Crippen molar-refractivity contribution in [1.29, 1.82) is 5.26 Å². The molecule has 0 bridgehead atoms. The molecule has 0 radical (unpaired) electrons. The van der Waals surface area contributed by atoms with E-state index in [0.29, 0.717) is 11.3 Å². The molecule has 0 aliphatic carbocycles. The number of hydrogen-bond acceptors (Lipinski definition) is 3. The molecule has 12 rings (SSSR count). The molecule has 66 heavy (non-hydrogen) atoms. The van der Waals surface area contributed by atoms with Crippen LogP contribution in [-0.2, 0) is 0 Å². The standard InChI is InChI=1S/C60H38N6/c1-62-42-28-32-46(33-29-42)64(48-35-37-60-54(39-48)52-19-9-11-23-58(52)66(60)44-16-6-3-7-17-44)56-25-13-20-49-50(56)21-12-24-55(49)63(45-30-26-41(40-61)27-31-45)47-34-36-59-53(38-47)51-18-8-10-22-57(51)65(59)43-14-4-2-5-15-43/h2-39H. The number of nitrogens with zero attached hydrogens (tertiary/aromatic N) is 6. The highest BCUT2D eigenvalue weighted by molar-refractivity contribution is 6.13. The maximum absolute atomic E-state index is 9.84. The molecule has 10 aromatic carbocycles. The van der Waals surface area contributed by atoms with Crippen LogP contribution in [0.3, 0.4) is 0 Å². The fraction of sp³-hybridized carbons (Fsp3) is 0. The lowest BCUT2D eigenvalue weighted by atomic mass is 10.0. The monoisotopic (exact) mass is 842 g/mol. The van der Waals surface area contributed by atoms with Crippen LogP contribution in [0.2, 0.25) is 0 Å². The molecule has 0 spiro atoms. The lowest BCUT2D eigenvalue weighted by molar-refractivity contribution is 1.18. The molecule has 0 fully saturated rings. The van der Waals surface area contributed by atoms with Crippen LogP contribution in [-0.4, -0.2) is 9.13 Å². The molecule has 0 saturated heterocycles. The lowest BCUT2D eigenvalue weighted by Crippen LogP contribution is -2.12. The SMILES string of the molecule is [C-]#[N+]c1ccc(N(c2ccc3c(c2)c2ccccc2n3-c2ccccc2)c2cccc3c(N(c4ccc(C#N)cc4)c4ccc5c(c4)c4ccccc4n5-c4ccccc4)cccc23)cc1. The molecule has 12 aromatic rings. The molecular formula is C60H38N6.